The van der Waals surface area contributed by atoms with Gasteiger partial charge in [0, 0.05) is 18.9 Å². The Morgan fingerprint density at radius 2 is 1.94 bits per heavy atom. The third kappa shape index (κ3) is 6.81. The average Bonchev–Trinajstić information content (AvgIpc) is 2.20. The molecule has 0 amide bonds. The van der Waals surface area contributed by atoms with Gasteiger partial charge in [-0.15, -0.1) is 0 Å². The lowest BCUT2D eigenvalue weighted by Crippen LogP contribution is -2.04. The Morgan fingerprint density at radius 1 is 1.31 bits per heavy atom. The van der Waals surface area contributed by atoms with Crippen LogP contribution in [0.2, 0.25) is 0 Å². The van der Waals surface area contributed by atoms with E-state index in [1.165, 1.54) is 13.2 Å². The molecule has 0 unspecified atom stereocenters. The van der Waals surface area contributed by atoms with Gasteiger partial charge in [0.1, 0.15) is 12.0 Å². The maximum absolute atomic E-state index is 11.1. The van der Waals surface area contributed by atoms with Gasteiger partial charge in [-0.2, -0.15) is 0 Å². The van der Waals surface area contributed by atoms with Crippen LogP contribution in [-0.4, -0.2) is 11.9 Å². The summed E-state index contributed by atoms with van der Waals surface area (Å²) in [5.41, 5.74) is 0.300. The first kappa shape index (κ1) is 14.4. The van der Waals surface area contributed by atoms with Gasteiger partial charge in [0.05, 0.1) is 0 Å². The molecule has 0 saturated carbocycles. The lowest BCUT2D eigenvalue weighted by atomic mass is 10.2. The third-order valence-electron chi connectivity index (χ3n) is 1.70. The second kappa shape index (κ2) is 7.68. The minimum absolute atomic E-state index is 0.300. The van der Waals surface area contributed by atoms with Crippen molar-refractivity contribution in [3.63, 3.8) is 0 Å². The minimum atomic E-state index is -0.527. The highest BCUT2D eigenvalue weighted by Crippen LogP contribution is 2.10. The van der Waals surface area contributed by atoms with Crippen LogP contribution in [-0.2, 0) is 19.1 Å². The number of hydrogen-bond acceptors (Lipinski definition) is 4. The van der Waals surface area contributed by atoms with Crippen molar-refractivity contribution in [1.82, 2.24) is 0 Å². The van der Waals surface area contributed by atoms with E-state index in [0.717, 1.165) is 12.8 Å². The second-order valence-electron chi connectivity index (χ2n) is 3.47. The van der Waals surface area contributed by atoms with Crippen LogP contribution in [0.3, 0.4) is 0 Å². The summed E-state index contributed by atoms with van der Waals surface area (Å²) in [5.74, 6) is -0.584. The molecule has 0 bridgehead atoms. The summed E-state index contributed by atoms with van der Waals surface area (Å²) in [6, 6.07) is 0. The van der Waals surface area contributed by atoms with Crippen molar-refractivity contribution in [2.24, 2.45) is 0 Å². The topological polar surface area (TPSA) is 52.6 Å². The van der Waals surface area contributed by atoms with Gasteiger partial charge in [-0.05, 0) is 13.3 Å². The zero-order chi connectivity index (χ0) is 12.6. The Kier molecular flexibility index (Phi) is 6.92. The lowest BCUT2D eigenvalue weighted by Gasteiger charge is -2.06. The molecule has 16 heavy (non-hydrogen) atoms. The molecule has 0 radical (unpaired) electrons. The summed E-state index contributed by atoms with van der Waals surface area (Å²) in [6.07, 6.45) is 3.57. The van der Waals surface area contributed by atoms with Crippen LogP contribution in [0.4, 0.5) is 0 Å². The Balaban J connectivity index is 4.36. The zero-order valence-corrected chi connectivity index (χ0v) is 10.0. The van der Waals surface area contributed by atoms with Gasteiger partial charge in [0.15, 0.2) is 0 Å². The molecule has 0 aliphatic heterocycles. The molecule has 0 atom stereocenters. The maximum atomic E-state index is 11.1. The van der Waals surface area contributed by atoms with Gasteiger partial charge in [-0.25, -0.2) is 4.79 Å². The Hall–Kier alpha value is -1.58. The summed E-state index contributed by atoms with van der Waals surface area (Å²) in [6.45, 7) is 8.32. The molecule has 0 aromatic carbocycles. The average molecular weight is 226 g/mol. The van der Waals surface area contributed by atoms with Crippen LogP contribution < -0.4 is 0 Å². The van der Waals surface area contributed by atoms with Crippen LogP contribution in [0.5, 0.6) is 0 Å². The lowest BCUT2D eigenvalue weighted by molar-refractivity contribution is -0.139. The predicted octanol–water partition coefficient (Wildman–Crippen LogP) is 2.70. The van der Waals surface area contributed by atoms with Crippen molar-refractivity contribution in [1.29, 1.82) is 0 Å². The van der Waals surface area contributed by atoms with E-state index in [0.29, 0.717) is 17.8 Å². The highest BCUT2D eigenvalue weighted by atomic mass is 16.6. The molecule has 0 saturated heterocycles. The minimum Gasteiger partial charge on any atom is -0.428 e. The Morgan fingerprint density at radius 3 is 2.38 bits per heavy atom. The van der Waals surface area contributed by atoms with E-state index >= 15 is 0 Å². The monoisotopic (exact) mass is 226 g/mol. The fourth-order valence-electron chi connectivity index (χ4n) is 0.889. The van der Waals surface area contributed by atoms with E-state index in [9.17, 15) is 9.59 Å². The van der Waals surface area contributed by atoms with E-state index < -0.39 is 11.9 Å². The molecular weight excluding hydrogens is 208 g/mol. The Bertz CT molecular complexity index is 302. The standard InChI is InChI=1S/C12H18O4/c1-5-6-7-11(16-10(4)13)8-15-12(14)9(2)3/h8H,2,5-7H2,1,3-4H3/b11-8-. The molecule has 0 spiro atoms. The number of ether oxygens (including phenoxy) is 2. The van der Waals surface area contributed by atoms with Gasteiger partial charge < -0.3 is 9.47 Å². The van der Waals surface area contributed by atoms with Gasteiger partial charge in [-0.3, -0.25) is 4.79 Å². The molecule has 0 aliphatic carbocycles. The maximum Gasteiger partial charge on any atom is 0.338 e. The van der Waals surface area contributed by atoms with Crippen molar-refractivity contribution in [3.8, 4) is 0 Å². The number of hydrogen-bond donors (Lipinski definition) is 0. The van der Waals surface area contributed by atoms with Gasteiger partial charge in [0.2, 0.25) is 0 Å². The van der Waals surface area contributed by atoms with Crippen molar-refractivity contribution >= 4 is 11.9 Å². The van der Waals surface area contributed by atoms with Crippen LogP contribution >= 0.6 is 0 Å². The third-order valence-corrected chi connectivity index (χ3v) is 1.70. The fraction of sp³-hybridized carbons (Fsp3) is 0.500. The van der Waals surface area contributed by atoms with Gasteiger partial charge >= 0.3 is 11.9 Å². The first-order valence-electron chi connectivity index (χ1n) is 5.21. The first-order chi connectivity index (χ1) is 7.47. The number of esters is 2. The molecule has 4 nitrogen and oxygen atoms in total. The summed E-state index contributed by atoms with van der Waals surface area (Å²) in [4.78, 5) is 21.9. The molecule has 0 aromatic rings. The highest BCUT2D eigenvalue weighted by Gasteiger charge is 2.06. The normalized spacial score (nSPS) is 10.8. The van der Waals surface area contributed by atoms with Crippen molar-refractivity contribution in [2.75, 3.05) is 0 Å². The van der Waals surface area contributed by atoms with Crippen LogP contribution in [0.25, 0.3) is 0 Å². The molecule has 0 fully saturated rings. The smallest absolute Gasteiger partial charge is 0.338 e. The second-order valence-corrected chi connectivity index (χ2v) is 3.47. The van der Waals surface area contributed by atoms with E-state index in [2.05, 4.69) is 6.58 Å². The molecule has 4 heteroatoms. The molecule has 0 rings (SSSR count). The number of carbonyl (C=O) groups is 2. The van der Waals surface area contributed by atoms with Crippen molar-refractivity contribution in [3.05, 3.63) is 24.2 Å². The predicted molar refractivity (Wildman–Crippen MR) is 60.3 cm³/mol. The SMILES string of the molecule is C=C(C)C(=O)O/C=C(/CCCC)OC(C)=O. The van der Waals surface area contributed by atoms with Crippen LogP contribution in [0, 0.1) is 0 Å². The zero-order valence-electron chi connectivity index (χ0n) is 10.0. The molecule has 90 valence electrons. The van der Waals surface area contributed by atoms with Crippen LogP contribution in [0.1, 0.15) is 40.0 Å². The molecule has 0 aliphatic rings. The van der Waals surface area contributed by atoms with E-state index in [1.54, 1.807) is 6.92 Å². The number of allylic oxidation sites excluding steroid dienone is 1. The summed E-state index contributed by atoms with van der Waals surface area (Å²) in [5, 5.41) is 0. The van der Waals surface area contributed by atoms with E-state index in [1.807, 2.05) is 6.92 Å². The van der Waals surface area contributed by atoms with E-state index in [-0.39, 0.29) is 0 Å². The summed E-state index contributed by atoms with van der Waals surface area (Å²) in [7, 11) is 0. The summed E-state index contributed by atoms with van der Waals surface area (Å²) < 4.78 is 9.68. The number of unbranched alkanes of at least 4 members (excludes halogenated alkanes) is 1. The number of carbonyl (C=O) groups excluding carboxylic acids is 2. The molecular formula is C12H18O4. The van der Waals surface area contributed by atoms with Crippen LogP contribution in [0.15, 0.2) is 24.2 Å². The highest BCUT2D eigenvalue weighted by molar-refractivity contribution is 5.87. The Labute approximate surface area is 95.9 Å². The fourth-order valence-corrected chi connectivity index (χ4v) is 0.889. The van der Waals surface area contributed by atoms with Gasteiger partial charge in [0.25, 0.3) is 0 Å². The summed E-state index contributed by atoms with van der Waals surface area (Å²) >= 11 is 0. The van der Waals surface area contributed by atoms with Gasteiger partial charge in [-0.1, -0.05) is 19.9 Å². The largest absolute Gasteiger partial charge is 0.428 e. The van der Waals surface area contributed by atoms with Crippen molar-refractivity contribution in [2.45, 2.75) is 40.0 Å². The van der Waals surface area contributed by atoms with Crippen molar-refractivity contribution < 1.29 is 19.1 Å². The molecule has 0 N–H and O–H groups in total. The van der Waals surface area contributed by atoms with E-state index in [4.69, 9.17) is 9.47 Å². The molecule has 0 heterocycles. The quantitative estimate of drug-likeness (QED) is 0.397. The molecule has 0 aromatic heterocycles. The first-order valence-corrected chi connectivity index (χ1v) is 5.21. The number of rotatable bonds is 6.